The lowest BCUT2D eigenvalue weighted by Gasteiger charge is -2.15. The fraction of sp³-hybridized carbons (Fsp3) is 0.182. The molecule has 3 aromatic rings. The summed E-state index contributed by atoms with van der Waals surface area (Å²) >= 11 is 9.84. The largest absolute Gasteiger partial charge is 0.493 e. The average molecular weight is 447 g/mol. The Bertz CT molecular complexity index is 887. The number of methoxy groups -OCH3 is 1. The van der Waals surface area contributed by atoms with Crippen LogP contribution in [0.1, 0.15) is 16.7 Å². The Morgan fingerprint density at radius 3 is 2.37 bits per heavy atom. The first kappa shape index (κ1) is 19.7. The van der Waals surface area contributed by atoms with Gasteiger partial charge in [-0.2, -0.15) is 0 Å². The number of hydrogen-bond acceptors (Lipinski definition) is 3. The molecule has 3 nitrogen and oxygen atoms in total. The third-order valence-corrected chi connectivity index (χ3v) is 5.27. The fourth-order valence-electron chi connectivity index (χ4n) is 2.69. The van der Waals surface area contributed by atoms with Crippen molar-refractivity contribution in [1.29, 1.82) is 0 Å². The molecule has 3 rings (SSSR count). The molecule has 0 aliphatic carbocycles. The van der Waals surface area contributed by atoms with Gasteiger partial charge in [-0.15, -0.1) is 0 Å². The normalized spacial score (nSPS) is 10.6. The van der Waals surface area contributed by atoms with E-state index < -0.39 is 0 Å². The number of rotatable bonds is 8. The van der Waals surface area contributed by atoms with Crippen LogP contribution in [0.25, 0.3) is 0 Å². The molecule has 27 heavy (non-hydrogen) atoms. The molecule has 0 spiro atoms. The number of nitrogens with one attached hydrogen (secondary N) is 1. The molecule has 1 N–H and O–H groups in total. The van der Waals surface area contributed by atoms with E-state index in [-0.39, 0.29) is 0 Å². The van der Waals surface area contributed by atoms with E-state index >= 15 is 0 Å². The van der Waals surface area contributed by atoms with Gasteiger partial charge in [-0.3, -0.25) is 0 Å². The highest BCUT2D eigenvalue weighted by Gasteiger charge is 2.11. The summed E-state index contributed by atoms with van der Waals surface area (Å²) in [5, 5.41) is 4.14. The number of hydrogen-bond donors (Lipinski definition) is 1. The van der Waals surface area contributed by atoms with Gasteiger partial charge in [-0.25, -0.2) is 0 Å². The van der Waals surface area contributed by atoms with Crippen molar-refractivity contribution in [3.8, 4) is 11.5 Å². The van der Waals surface area contributed by atoms with Gasteiger partial charge in [-0.05, 0) is 29.3 Å². The molecule has 0 aromatic heterocycles. The lowest BCUT2D eigenvalue weighted by Crippen LogP contribution is -2.13. The van der Waals surface area contributed by atoms with Crippen LogP contribution in [0.2, 0.25) is 5.02 Å². The summed E-state index contributed by atoms with van der Waals surface area (Å²) in [6.45, 7) is 1.91. The third-order valence-electron chi connectivity index (χ3n) is 4.16. The first-order valence-corrected chi connectivity index (χ1v) is 9.81. The van der Waals surface area contributed by atoms with Crippen LogP contribution in [0.4, 0.5) is 0 Å². The molecule has 0 aliphatic heterocycles. The van der Waals surface area contributed by atoms with E-state index in [9.17, 15) is 0 Å². The van der Waals surface area contributed by atoms with Gasteiger partial charge in [0.2, 0.25) is 0 Å². The van der Waals surface area contributed by atoms with Gasteiger partial charge in [0.05, 0.1) is 7.11 Å². The monoisotopic (exact) mass is 445 g/mol. The van der Waals surface area contributed by atoms with Gasteiger partial charge < -0.3 is 14.8 Å². The molecule has 0 heterocycles. The number of halogens is 2. The second-order valence-electron chi connectivity index (χ2n) is 6.06. The van der Waals surface area contributed by atoms with Gasteiger partial charge in [0.25, 0.3) is 0 Å². The summed E-state index contributed by atoms with van der Waals surface area (Å²) < 4.78 is 12.4. The summed E-state index contributed by atoms with van der Waals surface area (Å²) in [4.78, 5) is 0. The van der Waals surface area contributed by atoms with Crippen molar-refractivity contribution in [2.24, 2.45) is 0 Å². The minimum Gasteiger partial charge on any atom is -0.493 e. The molecule has 0 atom stereocenters. The minimum absolute atomic E-state index is 0.383. The molecule has 0 unspecified atom stereocenters. The van der Waals surface area contributed by atoms with Crippen LogP contribution in [-0.4, -0.2) is 7.11 Å². The molecule has 0 fully saturated rings. The van der Waals surface area contributed by atoms with Crippen molar-refractivity contribution in [2.75, 3.05) is 7.11 Å². The molecule has 0 aliphatic rings. The van der Waals surface area contributed by atoms with E-state index in [2.05, 4.69) is 33.4 Å². The molecule has 3 aromatic carbocycles. The lowest BCUT2D eigenvalue weighted by atomic mass is 10.2. The summed E-state index contributed by atoms with van der Waals surface area (Å²) in [6.07, 6.45) is 0. The van der Waals surface area contributed by atoms with E-state index in [1.165, 1.54) is 5.56 Å². The van der Waals surface area contributed by atoms with E-state index in [1.54, 1.807) is 7.11 Å². The molecule has 0 radical (unpaired) electrons. The molecule has 0 bridgehead atoms. The highest BCUT2D eigenvalue weighted by atomic mass is 79.9. The summed E-state index contributed by atoms with van der Waals surface area (Å²) in [5.41, 5.74) is 3.29. The van der Waals surface area contributed by atoms with Gasteiger partial charge in [-0.1, -0.05) is 76.1 Å². The van der Waals surface area contributed by atoms with E-state index in [1.807, 2.05) is 54.6 Å². The maximum absolute atomic E-state index is 6.20. The summed E-state index contributed by atoms with van der Waals surface area (Å²) in [5.74, 6) is 1.37. The Kier molecular flexibility index (Phi) is 7.16. The van der Waals surface area contributed by atoms with E-state index in [0.29, 0.717) is 23.1 Å². The number of ether oxygens (including phenoxy) is 2. The van der Waals surface area contributed by atoms with Crippen molar-refractivity contribution in [2.45, 2.75) is 19.7 Å². The van der Waals surface area contributed by atoms with Crippen LogP contribution in [0.3, 0.4) is 0 Å². The highest BCUT2D eigenvalue weighted by Crippen LogP contribution is 2.34. The van der Waals surface area contributed by atoms with Crippen LogP contribution in [0, 0.1) is 0 Å². The Labute approximate surface area is 173 Å². The first-order valence-electron chi connectivity index (χ1n) is 8.64. The molecular formula is C22H21BrClNO2. The highest BCUT2D eigenvalue weighted by molar-refractivity contribution is 9.10. The average Bonchev–Trinajstić information content (AvgIpc) is 2.69. The Morgan fingerprint density at radius 1 is 0.889 bits per heavy atom. The standard InChI is InChI=1S/C22H21BrClNO2/c1-26-21-11-18(14-25-13-16-7-3-2-4-8-16)19(23)12-22(21)27-15-17-9-5-6-10-20(17)24/h2-12,25H,13-15H2,1H3. The third kappa shape index (κ3) is 5.48. The predicted octanol–water partition coefficient (Wildman–Crippen LogP) is 5.98. The second kappa shape index (κ2) is 9.79. The van der Waals surface area contributed by atoms with Crippen LogP contribution in [0.5, 0.6) is 11.5 Å². The van der Waals surface area contributed by atoms with Crippen molar-refractivity contribution >= 4 is 27.5 Å². The summed E-state index contributed by atoms with van der Waals surface area (Å²) in [6, 6.07) is 21.9. The maximum atomic E-state index is 6.20. The molecule has 140 valence electrons. The van der Waals surface area contributed by atoms with Crippen LogP contribution in [-0.2, 0) is 19.7 Å². The second-order valence-corrected chi connectivity index (χ2v) is 7.33. The van der Waals surface area contributed by atoms with Crippen molar-refractivity contribution in [3.05, 3.63) is 92.9 Å². The fourth-order valence-corrected chi connectivity index (χ4v) is 3.35. The Hall–Kier alpha value is -2.01. The van der Waals surface area contributed by atoms with Gasteiger partial charge in [0.1, 0.15) is 6.61 Å². The minimum atomic E-state index is 0.383. The Balaban J connectivity index is 1.66. The van der Waals surface area contributed by atoms with Crippen LogP contribution < -0.4 is 14.8 Å². The first-order chi connectivity index (χ1) is 13.2. The van der Waals surface area contributed by atoms with Crippen molar-refractivity contribution < 1.29 is 9.47 Å². The van der Waals surface area contributed by atoms with Gasteiger partial charge >= 0.3 is 0 Å². The summed E-state index contributed by atoms with van der Waals surface area (Å²) in [7, 11) is 1.65. The zero-order valence-corrected chi connectivity index (χ0v) is 17.4. The van der Waals surface area contributed by atoms with E-state index in [4.69, 9.17) is 21.1 Å². The van der Waals surface area contributed by atoms with Crippen LogP contribution in [0.15, 0.2) is 71.2 Å². The van der Waals surface area contributed by atoms with Gasteiger partial charge in [0, 0.05) is 28.1 Å². The van der Waals surface area contributed by atoms with E-state index in [0.717, 1.165) is 28.7 Å². The topological polar surface area (TPSA) is 30.5 Å². The number of benzene rings is 3. The zero-order chi connectivity index (χ0) is 19.1. The predicted molar refractivity (Wildman–Crippen MR) is 113 cm³/mol. The molecule has 0 saturated heterocycles. The Morgan fingerprint density at radius 2 is 1.63 bits per heavy atom. The van der Waals surface area contributed by atoms with Gasteiger partial charge in [0.15, 0.2) is 11.5 Å². The molecule has 0 amide bonds. The quantitative estimate of drug-likeness (QED) is 0.462. The van der Waals surface area contributed by atoms with Crippen molar-refractivity contribution in [3.63, 3.8) is 0 Å². The smallest absolute Gasteiger partial charge is 0.162 e. The van der Waals surface area contributed by atoms with Crippen LogP contribution >= 0.6 is 27.5 Å². The lowest BCUT2D eigenvalue weighted by molar-refractivity contribution is 0.284. The SMILES string of the molecule is COc1cc(CNCc2ccccc2)c(Br)cc1OCc1ccccc1Cl. The zero-order valence-electron chi connectivity index (χ0n) is 15.0. The molecule has 5 heteroatoms. The molecule has 0 saturated carbocycles. The molecular weight excluding hydrogens is 426 g/mol. The van der Waals surface area contributed by atoms with Crippen molar-refractivity contribution in [1.82, 2.24) is 5.32 Å². The maximum Gasteiger partial charge on any atom is 0.162 e.